The van der Waals surface area contributed by atoms with Gasteiger partial charge < -0.3 is 15.2 Å². The van der Waals surface area contributed by atoms with Crippen molar-refractivity contribution in [2.75, 3.05) is 18.5 Å². The molecule has 0 spiro atoms. The molecule has 0 aliphatic heterocycles. The van der Waals surface area contributed by atoms with Crippen molar-refractivity contribution in [3.05, 3.63) is 60.5 Å². The van der Waals surface area contributed by atoms with Crippen molar-refractivity contribution < 1.29 is 23.8 Å². The number of carbonyl (C=O) groups excluding carboxylic acids is 1. The summed E-state index contributed by atoms with van der Waals surface area (Å²) < 4.78 is 21.3. The molecule has 2 heterocycles. The first-order valence-corrected chi connectivity index (χ1v) is 10.8. The third-order valence-electron chi connectivity index (χ3n) is 4.63. The van der Waals surface area contributed by atoms with Gasteiger partial charge in [-0.2, -0.15) is 0 Å². The molecule has 0 bridgehead atoms. The molecule has 0 aliphatic carbocycles. The van der Waals surface area contributed by atoms with Crippen LogP contribution in [0.5, 0.6) is 5.75 Å². The van der Waals surface area contributed by atoms with Gasteiger partial charge in [0.25, 0.3) is 0 Å². The van der Waals surface area contributed by atoms with Gasteiger partial charge in [-0.15, -0.1) is 0 Å². The Kier molecular flexibility index (Phi) is 8.23. The molecule has 2 aromatic carbocycles. The fourth-order valence-corrected chi connectivity index (χ4v) is 4.19. The van der Waals surface area contributed by atoms with Crippen molar-refractivity contribution in [2.45, 2.75) is 6.92 Å². The number of rotatable bonds is 7. The summed E-state index contributed by atoms with van der Waals surface area (Å²) in [5, 5.41) is 14.3. The number of halogens is 1. The van der Waals surface area contributed by atoms with Gasteiger partial charge in [-0.1, -0.05) is 29.5 Å². The van der Waals surface area contributed by atoms with E-state index in [0.29, 0.717) is 39.4 Å². The summed E-state index contributed by atoms with van der Waals surface area (Å²) in [7, 11) is 0. The van der Waals surface area contributed by atoms with E-state index in [1.807, 2.05) is 12.1 Å². The van der Waals surface area contributed by atoms with E-state index in [0.717, 1.165) is 11.3 Å². The molecule has 11 heteroatoms. The summed E-state index contributed by atoms with van der Waals surface area (Å²) in [4.78, 5) is 31.4. The van der Waals surface area contributed by atoms with E-state index >= 15 is 4.39 Å². The number of hydrogen-bond acceptors (Lipinski definition) is 6. The zero-order chi connectivity index (χ0) is 23.4. The van der Waals surface area contributed by atoms with Crippen molar-refractivity contribution in [2.24, 2.45) is 0 Å². The third-order valence-corrected chi connectivity index (χ3v) is 5.64. The predicted molar refractivity (Wildman–Crippen MR) is 131 cm³/mol. The SMILES string of the molecule is CCNC(=O)Nc1nc2c(F)c(-c3ccc(OCC(=O)O)cc3)cc(-c3ccccn3)c2s1.[LiH]. The summed E-state index contributed by atoms with van der Waals surface area (Å²) in [5.41, 5.74) is 2.28. The minimum atomic E-state index is -1.09. The van der Waals surface area contributed by atoms with Crippen LogP contribution in [0.25, 0.3) is 32.6 Å². The van der Waals surface area contributed by atoms with Crippen LogP contribution < -0.4 is 15.4 Å². The first kappa shape index (κ1) is 25.2. The average molecular weight is 474 g/mol. The fourth-order valence-electron chi connectivity index (χ4n) is 3.21. The molecule has 0 fully saturated rings. The second-order valence-electron chi connectivity index (χ2n) is 6.89. The van der Waals surface area contributed by atoms with Crippen molar-refractivity contribution in [3.63, 3.8) is 0 Å². The average Bonchev–Trinajstić information content (AvgIpc) is 3.23. The number of urea groups is 1. The van der Waals surface area contributed by atoms with E-state index in [4.69, 9.17) is 9.84 Å². The number of amides is 2. The van der Waals surface area contributed by atoms with E-state index in [1.165, 1.54) is 0 Å². The molecule has 2 amide bonds. The Morgan fingerprint density at radius 2 is 1.91 bits per heavy atom. The van der Waals surface area contributed by atoms with Crippen molar-refractivity contribution in [1.29, 1.82) is 0 Å². The molecule has 3 N–H and O–H groups in total. The van der Waals surface area contributed by atoms with Crippen LogP contribution in [0.1, 0.15) is 6.92 Å². The van der Waals surface area contributed by atoms with Gasteiger partial charge in [0.1, 0.15) is 11.3 Å². The van der Waals surface area contributed by atoms with E-state index in [9.17, 15) is 9.59 Å². The Bertz CT molecular complexity index is 1320. The molecule has 0 radical (unpaired) electrons. The molecular formula is C23H20FLiN4O4S. The Morgan fingerprint density at radius 3 is 2.56 bits per heavy atom. The summed E-state index contributed by atoms with van der Waals surface area (Å²) in [6, 6.07) is 13.1. The number of aromatic nitrogens is 2. The Labute approximate surface area is 210 Å². The van der Waals surface area contributed by atoms with Gasteiger partial charge in [-0.3, -0.25) is 10.3 Å². The first-order chi connectivity index (χ1) is 16.0. The van der Waals surface area contributed by atoms with E-state index < -0.39 is 24.4 Å². The Morgan fingerprint density at radius 1 is 1.15 bits per heavy atom. The molecule has 0 unspecified atom stereocenters. The monoisotopic (exact) mass is 474 g/mol. The number of carbonyl (C=O) groups is 2. The fraction of sp³-hybridized carbons (Fsp3) is 0.130. The van der Waals surface area contributed by atoms with E-state index in [1.54, 1.807) is 49.5 Å². The standard InChI is InChI=1S/C23H19FN4O4S.Li.H/c1-2-25-22(31)28-23-27-20-19(24)15(13-6-8-14(9-7-13)32-12-18(29)30)11-16(21(20)33-23)17-5-3-4-10-26-17;;/h3-11H,2,12H2,1H3,(H,29,30)(H2,25,27,28,31);;. The van der Waals surface area contributed by atoms with Gasteiger partial charge in [0.15, 0.2) is 17.6 Å². The number of carboxylic acids is 1. The predicted octanol–water partition coefficient (Wildman–Crippen LogP) is 4.12. The number of aliphatic carboxylic acids is 1. The molecule has 4 aromatic rings. The van der Waals surface area contributed by atoms with Crippen LogP contribution in [0.2, 0.25) is 0 Å². The summed E-state index contributed by atoms with van der Waals surface area (Å²) in [6.45, 7) is 1.77. The van der Waals surface area contributed by atoms with Crippen molar-refractivity contribution in [3.8, 4) is 28.1 Å². The first-order valence-electron chi connectivity index (χ1n) is 10.0. The van der Waals surface area contributed by atoms with Crippen LogP contribution in [-0.4, -0.2) is 59.1 Å². The van der Waals surface area contributed by atoms with Crippen LogP contribution in [0.15, 0.2) is 54.7 Å². The third kappa shape index (κ3) is 5.54. The zero-order valence-electron chi connectivity index (χ0n) is 17.5. The minimum absolute atomic E-state index is 0. The van der Waals surface area contributed by atoms with Crippen LogP contribution >= 0.6 is 11.3 Å². The molecule has 0 saturated heterocycles. The van der Waals surface area contributed by atoms with Crippen LogP contribution in [0, 0.1) is 5.82 Å². The molecule has 4 rings (SSSR count). The quantitative estimate of drug-likeness (QED) is 0.347. The van der Waals surface area contributed by atoms with Gasteiger partial charge >= 0.3 is 30.9 Å². The molecular weight excluding hydrogens is 454 g/mol. The summed E-state index contributed by atoms with van der Waals surface area (Å²) >= 11 is 1.16. The van der Waals surface area contributed by atoms with Crippen LogP contribution in [-0.2, 0) is 4.79 Å². The molecule has 2 aromatic heterocycles. The maximum atomic E-state index is 15.6. The number of nitrogens with zero attached hydrogens (tertiary/aromatic N) is 2. The Hall–Kier alpha value is -3.45. The second kappa shape index (κ2) is 11.1. The van der Waals surface area contributed by atoms with Crippen molar-refractivity contribution >= 4 is 57.5 Å². The van der Waals surface area contributed by atoms with Gasteiger partial charge in [0.2, 0.25) is 0 Å². The topological polar surface area (TPSA) is 113 Å². The zero-order valence-corrected chi connectivity index (χ0v) is 18.3. The number of pyridine rings is 1. The molecule has 0 atom stereocenters. The van der Waals surface area contributed by atoms with Crippen LogP contribution in [0.4, 0.5) is 14.3 Å². The van der Waals surface area contributed by atoms with Crippen LogP contribution in [0.3, 0.4) is 0 Å². The maximum absolute atomic E-state index is 15.6. The van der Waals surface area contributed by atoms with Gasteiger partial charge in [0, 0.05) is 23.9 Å². The normalized spacial score (nSPS) is 10.4. The Balaban J connectivity index is 0.00000324. The number of hydrogen-bond donors (Lipinski definition) is 3. The van der Waals surface area contributed by atoms with Gasteiger partial charge in [-0.05, 0) is 42.8 Å². The molecule has 0 aliphatic rings. The van der Waals surface area contributed by atoms with Crippen molar-refractivity contribution in [1.82, 2.24) is 15.3 Å². The number of thiazole rings is 1. The molecule has 170 valence electrons. The number of benzene rings is 2. The summed E-state index contributed by atoms with van der Waals surface area (Å²) in [6.07, 6.45) is 1.65. The number of ether oxygens (including phenoxy) is 1. The van der Waals surface area contributed by atoms with E-state index in [-0.39, 0.29) is 29.5 Å². The summed E-state index contributed by atoms with van der Waals surface area (Å²) in [5.74, 6) is -1.27. The van der Waals surface area contributed by atoms with Gasteiger partial charge in [-0.25, -0.2) is 19.0 Å². The number of carboxylic acid groups (broad SMARTS) is 1. The molecule has 8 nitrogen and oxygen atoms in total. The number of fused-ring (bicyclic) bond motifs is 1. The number of nitrogens with one attached hydrogen (secondary N) is 2. The molecule has 34 heavy (non-hydrogen) atoms. The molecule has 0 saturated carbocycles. The van der Waals surface area contributed by atoms with Gasteiger partial charge in [0.05, 0.1) is 10.4 Å². The van der Waals surface area contributed by atoms with E-state index in [2.05, 4.69) is 20.6 Å². The second-order valence-corrected chi connectivity index (χ2v) is 7.89. The number of anilines is 1.